The van der Waals surface area contributed by atoms with Gasteiger partial charge in [0.25, 0.3) is 0 Å². The maximum absolute atomic E-state index is 15.6. The summed E-state index contributed by atoms with van der Waals surface area (Å²) < 4.78 is 21.7. The molecule has 5 heteroatoms. The summed E-state index contributed by atoms with van der Waals surface area (Å²) in [4.78, 5) is 2.38. The van der Waals surface area contributed by atoms with Crippen molar-refractivity contribution in [3.63, 3.8) is 0 Å². The van der Waals surface area contributed by atoms with Crippen molar-refractivity contribution in [2.45, 2.75) is 0 Å². The summed E-state index contributed by atoms with van der Waals surface area (Å²) in [7, 11) is -2.98. The number of fused-ring (bicyclic) bond motifs is 14. The van der Waals surface area contributed by atoms with Crippen molar-refractivity contribution < 1.29 is 8.98 Å². The third-order valence-electron chi connectivity index (χ3n) is 9.24. The normalized spacial score (nSPS) is 17.4. The molecular formula is C36H21BNO2P. The summed E-state index contributed by atoms with van der Waals surface area (Å²) in [5, 5.41) is 4.25. The SMILES string of the molecule is O=P12B3c4ccccc4-c4ccc(-c5ccc6oc7ccccc7c6c5)cc4N3c3cccc(c31)-c1ccccc12. The Morgan fingerprint density at radius 3 is 2.24 bits per heavy atom. The first kappa shape index (κ1) is 22.0. The lowest BCUT2D eigenvalue weighted by Gasteiger charge is -2.36. The van der Waals surface area contributed by atoms with Crippen molar-refractivity contribution in [3.8, 4) is 33.4 Å². The van der Waals surface area contributed by atoms with Crippen molar-refractivity contribution in [1.82, 2.24) is 0 Å². The molecule has 0 bridgehead atoms. The average Bonchev–Trinajstić information content (AvgIpc) is 3.63. The van der Waals surface area contributed by atoms with E-state index in [1.807, 2.05) is 18.2 Å². The van der Waals surface area contributed by atoms with Crippen LogP contribution in [0.15, 0.2) is 132 Å². The zero-order valence-corrected chi connectivity index (χ0v) is 22.8. The second kappa shape index (κ2) is 7.48. The first-order chi connectivity index (χ1) is 20.2. The van der Waals surface area contributed by atoms with Crippen molar-refractivity contribution in [2.24, 2.45) is 0 Å². The van der Waals surface area contributed by atoms with Crippen molar-refractivity contribution in [1.29, 1.82) is 0 Å². The minimum Gasteiger partial charge on any atom is -0.456 e. The molecule has 0 spiro atoms. The van der Waals surface area contributed by atoms with E-state index in [2.05, 4.69) is 114 Å². The molecule has 6 aromatic carbocycles. The fourth-order valence-corrected chi connectivity index (χ4v) is 11.4. The number of furan rings is 1. The molecule has 0 amide bonds. The van der Waals surface area contributed by atoms with Crippen LogP contribution in [0.3, 0.4) is 0 Å². The second-order valence-electron chi connectivity index (χ2n) is 11.2. The third kappa shape index (κ3) is 2.60. The van der Waals surface area contributed by atoms with Crippen LogP contribution in [0.2, 0.25) is 0 Å². The van der Waals surface area contributed by atoms with Crippen LogP contribution in [0, 0.1) is 0 Å². The molecule has 0 aliphatic carbocycles. The van der Waals surface area contributed by atoms with E-state index in [4.69, 9.17) is 4.42 Å². The number of anilines is 2. The molecule has 1 atom stereocenters. The highest BCUT2D eigenvalue weighted by Crippen LogP contribution is 2.65. The molecule has 190 valence electrons. The predicted molar refractivity (Wildman–Crippen MR) is 171 cm³/mol. The minimum atomic E-state index is -2.98. The van der Waals surface area contributed by atoms with E-state index < -0.39 is 7.02 Å². The highest BCUT2D eigenvalue weighted by atomic mass is 31.2. The maximum Gasteiger partial charge on any atom is 0.377 e. The molecular weight excluding hydrogens is 520 g/mol. The van der Waals surface area contributed by atoms with Crippen molar-refractivity contribution in [2.75, 3.05) is 4.81 Å². The topological polar surface area (TPSA) is 33.5 Å². The van der Waals surface area contributed by atoms with Gasteiger partial charge in [-0.05, 0) is 63.6 Å². The molecule has 0 saturated carbocycles. The third-order valence-corrected chi connectivity index (χ3v) is 12.7. The van der Waals surface area contributed by atoms with E-state index in [1.165, 1.54) is 11.1 Å². The Hall–Kier alpha value is -4.79. The first-order valence-corrected chi connectivity index (χ1v) is 15.8. The monoisotopic (exact) mass is 541 g/mol. The fourth-order valence-electron chi connectivity index (χ4n) is 7.56. The zero-order valence-electron chi connectivity index (χ0n) is 21.9. The molecule has 10 rings (SSSR count). The highest BCUT2D eigenvalue weighted by Gasteiger charge is 2.60. The lowest BCUT2D eigenvalue weighted by Crippen LogP contribution is -2.48. The van der Waals surface area contributed by atoms with Crippen LogP contribution in [0.1, 0.15) is 0 Å². The fraction of sp³-hybridized carbons (Fsp3) is 0. The standard InChI is InChI=1S/C36H21BNO2P/c39-41-35-15-6-3-10-27(35)28-11-7-13-31(36(28)41)38-32-21-23(16-18-25(32)24-8-1-4-12-30(24)37(38)41)22-17-19-34-29(20-22)26-9-2-5-14-33(26)40-34/h1-21H. The van der Waals surface area contributed by atoms with E-state index in [0.717, 1.165) is 71.6 Å². The molecule has 3 aliphatic heterocycles. The Morgan fingerprint density at radius 2 is 1.29 bits per heavy atom. The lowest BCUT2D eigenvalue weighted by atomic mass is 9.69. The molecule has 41 heavy (non-hydrogen) atoms. The van der Waals surface area contributed by atoms with Gasteiger partial charge >= 0.3 is 6.57 Å². The molecule has 1 unspecified atom stereocenters. The van der Waals surface area contributed by atoms with Gasteiger partial charge in [-0.3, -0.25) is 0 Å². The Morgan fingerprint density at radius 1 is 0.561 bits per heavy atom. The van der Waals surface area contributed by atoms with Gasteiger partial charge in [-0.2, -0.15) is 0 Å². The maximum atomic E-state index is 15.6. The van der Waals surface area contributed by atoms with Gasteiger partial charge in [-0.1, -0.05) is 97.1 Å². The molecule has 0 fully saturated rings. The van der Waals surface area contributed by atoms with E-state index in [9.17, 15) is 0 Å². The van der Waals surface area contributed by atoms with E-state index in [1.54, 1.807) is 0 Å². The number of rotatable bonds is 1. The van der Waals surface area contributed by atoms with Crippen LogP contribution < -0.4 is 20.9 Å². The van der Waals surface area contributed by atoms with Gasteiger partial charge in [-0.25, -0.2) is 0 Å². The Bertz CT molecular complexity index is 2340. The van der Waals surface area contributed by atoms with E-state index in [0.29, 0.717) is 0 Å². The first-order valence-electron chi connectivity index (χ1n) is 14.0. The molecule has 3 aliphatic rings. The van der Waals surface area contributed by atoms with Crippen LogP contribution in [-0.4, -0.2) is 6.57 Å². The number of hydrogen-bond acceptors (Lipinski definition) is 3. The largest absolute Gasteiger partial charge is 0.456 e. The van der Waals surface area contributed by atoms with Gasteiger partial charge in [0.2, 0.25) is 0 Å². The predicted octanol–water partition coefficient (Wildman–Crippen LogP) is 8.07. The van der Waals surface area contributed by atoms with E-state index >= 15 is 4.57 Å². The summed E-state index contributed by atoms with van der Waals surface area (Å²) in [5.74, 6) is 0. The summed E-state index contributed by atoms with van der Waals surface area (Å²) in [5.41, 5.74) is 11.9. The van der Waals surface area contributed by atoms with Gasteiger partial charge in [0.15, 0.2) is 0 Å². The molecule has 0 radical (unpaired) electrons. The highest BCUT2D eigenvalue weighted by molar-refractivity contribution is 8.09. The molecule has 1 aromatic heterocycles. The number of benzene rings is 6. The smallest absolute Gasteiger partial charge is 0.377 e. The quantitative estimate of drug-likeness (QED) is 0.156. The molecule has 4 heterocycles. The van der Waals surface area contributed by atoms with Gasteiger partial charge in [0.1, 0.15) is 18.2 Å². The molecule has 7 aromatic rings. The van der Waals surface area contributed by atoms with Crippen molar-refractivity contribution >= 4 is 63.0 Å². The van der Waals surface area contributed by atoms with Gasteiger partial charge in [0, 0.05) is 38.3 Å². The number of nitrogens with zero attached hydrogens (tertiary/aromatic N) is 1. The minimum absolute atomic E-state index is 0.262. The Balaban J connectivity index is 1.25. The summed E-state index contributed by atoms with van der Waals surface area (Å²) in [6.07, 6.45) is 0. The van der Waals surface area contributed by atoms with Gasteiger partial charge in [-0.15, -0.1) is 0 Å². The van der Waals surface area contributed by atoms with Crippen LogP contribution in [0.5, 0.6) is 0 Å². The number of para-hydroxylation sites is 1. The summed E-state index contributed by atoms with van der Waals surface area (Å²) in [6.45, 7) is -0.262. The molecule has 0 N–H and O–H groups in total. The lowest BCUT2D eigenvalue weighted by molar-refractivity contribution is 0.595. The van der Waals surface area contributed by atoms with Crippen LogP contribution in [-0.2, 0) is 4.57 Å². The molecule has 0 saturated heterocycles. The van der Waals surface area contributed by atoms with Crippen molar-refractivity contribution in [3.05, 3.63) is 127 Å². The van der Waals surface area contributed by atoms with Gasteiger partial charge in [0.05, 0.1) is 0 Å². The van der Waals surface area contributed by atoms with Crippen LogP contribution in [0.4, 0.5) is 11.4 Å². The number of hydrogen-bond donors (Lipinski definition) is 0. The van der Waals surface area contributed by atoms with Crippen LogP contribution >= 0.6 is 7.02 Å². The molecule has 3 nitrogen and oxygen atoms in total. The van der Waals surface area contributed by atoms with Crippen LogP contribution in [0.25, 0.3) is 55.3 Å². The summed E-state index contributed by atoms with van der Waals surface area (Å²) in [6, 6.07) is 44.7. The Kier molecular flexibility index (Phi) is 4.01. The Labute approximate surface area is 237 Å². The second-order valence-corrected chi connectivity index (χ2v) is 14.0. The summed E-state index contributed by atoms with van der Waals surface area (Å²) >= 11 is 0. The van der Waals surface area contributed by atoms with Gasteiger partial charge < -0.3 is 13.8 Å². The zero-order chi connectivity index (χ0) is 26.9. The average molecular weight is 541 g/mol. The van der Waals surface area contributed by atoms with E-state index in [-0.39, 0.29) is 6.57 Å².